The number of fused-ring (bicyclic) bond motifs is 1. The maximum Gasteiger partial charge on any atom is 0.415 e. The van der Waals surface area contributed by atoms with Gasteiger partial charge in [-0.05, 0) is 23.6 Å². The molecule has 3 unspecified atom stereocenters. The van der Waals surface area contributed by atoms with Crippen LogP contribution < -0.4 is 16.0 Å². The minimum absolute atomic E-state index is 0.0310. The van der Waals surface area contributed by atoms with Crippen molar-refractivity contribution in [3.05, 3.63) is 34.9 Å². The molecule has 0 aromatic heterocycles. The number of nitrogens with one attached hydrogen (secondary N) is 3. The van der Waals surface area contributed by atoms with E-state index >= 15 is 0 Å². The van der Waals surface area contributed by atoms with Crippen LogP contribution in [0.25, 0.3) is 0 Å². The highest BCUT2D eigenvalue weighted by molar-refractivity contribution is 6.05. The molecule has 31 heavy (non-hydrogen) atoms. The van der Waals surface area contributed by atoms with E-state index in [-0.39, 0.29) is 37.4 Å². The molecule has 0 saturated carbocycles. The standard InChI is InChI=1S/C20H23F3N4O4/c21-20(22,23)16-8-25-13(10-31-16)7-24-6-11-1-2-14-12(5-11)9-27(19(14)30)15-3-4-17(28)26-18(15)29/h1-2,5,13,15-16,24-25H,3-4,6-10H2,(H,26,28,29). The van der Waals surface area contributed by atoms with E-state index in [1.54, 1.807) is 6.07 Å². The summed E-state index contributed by atoms with van der Waals surface area (Å²) in [4.78, 5) is 37.6. The van der Waals surface area contributed by atoms with Crippen LogP contribution in [-0.4, -0.2) is 66.7 Å². The van der Waals surface area contributed by atoms with Crippen LogP contribution in [0, 0.1) is 0 Å². The van der Waals surface area contributed by atoms with Gasteiger partial charge >= 0.3 is 6.18 Å². The second-order valence-electron chi connectivity index (χ2n) is 7.99. The van der Waals surface area contributed by atoms with E-state index in [0.29, 0.717) is 31.6 Å². The van der Waals surface area contributed by atoms with Gasteiger partial charge in [0.15, 0.2) is 6.10 Å². The summed E-state index contributed by atoms with van der Waals surface area (Å²) in [5.74, 6) is -1.01. The van der Waals surface area contributed by atoms with Gasteiger partial charge in [0, 0.05) is 44.2 Å². The summed E-state index contributed by atoms with van der Waals surface area (Å²) in [6, 6.07) is 4.53. The van der Waals surface area contributed by atoms with Crippen LogP contribution in [0.4, 0.5) is 13.2 Å². The van der Waals surface area contributed by atoms with Crippen LogP contribution in [0.5, 0.6) is 0 Å². The number of nitrogens with zero attached hydrogens (tertiary/aromatic N) is 1. The zero-order valence-electron chi connectivity index (χ0n) is 16.6. The molecule has 3 aliphatic heterocycles. The third kappa shape index (κ3) is 4.73. The number of morpholine rings is 1. The Bertz CT molecular complexity index is 884. The second kappa shape index (κ2) is 8.56. The lowest BCUT2D eigenvalue weighted by molar-refractivity contribution is -0.228. The summed E-state index contributed by atoms with van der Waals surface area (Å²) < 4.78 is 42.7. The number of piperidine rings is 1. The van der Waals surface area contributed by atoms with Crippen molar-refractivity contribution in [1.82, 2.24) is 20.9 Å². The Morgan fingerprint density at radius 1 is 1.23 bits per heavy atom. The average Bonchev–Trinajstić information content (AvgIpc) is 3.03. The fourth-order valence-electron chi connectivity index (χ4n) is 4.09. The Balaban J connectivity index is 1.29. The predicted molar refractivity (Wildman–Crippen MR) is 102 cm³/mol. The molecule has 1 aromatic rings. The van der Waals surface area contributed by atoms with Crippen molar-refractivity contribution in [1.29, 1.82) is 0 Å². The highest BCUT2D eigenvalue weighted by atomic mass is 19.4. The summed E-state index contributed by atoms with van der Waals surface area (Å²) in [5, 5.41) is 8.30. The van der Waals surface area contributed by atoms with E-state index in [4.69, 9.17) is 4.74 Å². The lowest BCUT2D eigenvalue weighted by atomic mass is 10.0. The quantitative estimate of drug-likeness (QED) is 0.576. The van der Waals surface area contributed by atoms with E-state index in [1.165, 1.54) is 4.90 Å². The zero-order valence-corrected chi connectivity index (χ0v) is 16.6. The van der Waals surface area contributed by atoms with Gasteiger partial charge in [-0.25, -0.2) is 0 Å². The maximum absolute atomic E-state index is 12.7. The van der Waals surface area contributed by atoms with Gasteiger partial charge < -0.3 is 20.3 Å². The van der Waals surface area contributed by atoms with Crippen LogP contribution in [0.1, 0.15) is 34.3 Å². The van der Waals surface area contributed by atoms with Gasteiger partial charge in [0.1, 0.15) is 6.04 Å². The first kappa shape index (κ1) is 21.7. The van der Waals surface area contributed by atoms with Gasteiger partial charge in [0.25, 0.3) is 5.91 Å². The molecular weight excluding hydrogens is 417 g/mol. The maximum atomic E-state index is 12.7. The smallest absolute Gasteiger partial charge is 0.366 e. The number of hydrogen-bond donors (Lipinski definition) is 3. The van der Waals surface area contributed by atoms with Gasteiger partial charge in [-0.15, -0.1) is 0 Å². The van der Waals surface area contributed by atoms with Crippen molar-refractivity contribution in [2.75, 3.05) is 19.7 Å². The van der Waals surface area contributed by atoms with E-state index in [2.05, 4.69) is 16.0 Å². The molecule has 1 aromatic carbocycles. The molecule has 8 nitrogen and oxygen atoms in total. The molecular formula is C20H23F3N4O4. The molecule has 2 saturated heterocycles. The third-order valence-electron chi connectivity index (χ3n) is 5.76. The summed E-state index contributed by atoms with van der Waals surface area (Å²) in [6.45, 7) is 0.901. The first-order valence-electron chi connectivity index (χ1n) is 10.1. The number of rotatable bonds is 5. The molecule has 0 spiro atoms. The number of imide groups is 1. The van der Waals surface area contributed by atoms with Crippen molar-refractivity contribution in [2.24, 2.45) is 0 Å². The van der Waals surface area contributed by atoms with Gasteiger partial charge in [-0.1, -0.05) is 12.1 Å². The number of carbonyl (C=O) groups excluding carboxylic acids is 3. The molecule has 0 bridgehead atoms. The Morgan fingerprint density at radius 2 is 2.03 bits per heavy atom. The summed E-state index contributed by atoms with van der Waals surface area (Å²) in [5.41, 5.74) is 2.26. The topological polar surface area (TPSA) is 99.8 Å². The number of amides is 3. The first-order chi connectivity index (χ1) is 14.7. The Hall–Kier alpha value is -2.50. The van der Waals surface area contributed by atoms with Crippen molar-refractivity contribution in [2.45, 2.75) is 50.3 Å². The second-order valence-corrected chi connectivity index (χ2v) is 7.99. The predicted octanol–water partition coefficient (Wildman–Crippen LogP) is 0.457. The number of hydrogen-bond acceptors (Lipinski definition) is 6. The lowest BCUT2D eigenvalue weighted by Gasteiger charge is -2.31. The van der Waals surface area contributed by atoms with Crippen LogP contribution >= 0.6 is 0 Å². The summed E-state index contributed by atoms with van der Waals surface area (Å²) >= 11 is 0. The summed E-state index contributed by atoms with van der Waals surface area (Å²) in [7, 11) is 0. The van der Waals surface area contributed by atoms with E-state index in [0.717, 1.165) is 11.1 Å². The molecule has 3 atom stereocenters. The minimum atomic E-state index is -4.37. The van der Waals surface area contributed by atoms with Crippen molar-refractivity contribution < 1.29 is 32.3 Å². The zero-order chi connectivity index (χ0) is 22.2. The first-order valence-corrected chi connectivity index (χ1v) is 10.1. The normalized spacial score (nSPS) is 26.7. The molecule has 11 heteroatoms. The van der Waals surface area contributed by atoms with Crippen LogP contribution in [0.2, 0.25) is 0 Å². The van der Waals surface area contributed by atoms with Crippen molar-refractivity contribution >= 4 is 17.7 Å². The SMILES string of the molecule is O=C1CCC(N2Cc3cc(CNCC4COC(C(F)(F)F)CN4)ccc3C2=O)C(=O)N1. The molecule has 3 aliphatic rings. The average molecular weight is 440 g/mol. The largest absolute Gasteiger partial charge is 0.415 e. The molecule has 3 amide bonds. The molecule has 168 valence electrons. The fourth-order valence-corrected chi connectivity index (χ4v) is 4.09. The van der Waals surface area contributed by atoms with Crippen LogP contribution in [0.15, 0.2) is 18.2 Å². The highest BCUT2D eigenvalue weighted by Crippen LogP contribution is 2.28. The van der Waals surface area contributed by atoms with E-state index < -0.39 is 24.2 Å². The number of halogens is 3. The van der Waals surface area contributed by atoms with E-state index in [9.17, 15) is 27.6 Å². The Labute approximate surface area is 176 Å². The molecule has 3 heterocycles. The monoisotopic (exact) mass is 440 g/mol. The van der Waals surface area contributed by atoms with Crippen molar-refractivity contribution in [3.8, 4) is 0 Å². The highest BCUT2D eigenvalue weighted by Gasteiger charge is 2.43. The molecule has 0 aliphatic carbocycles. The third-order valence-corrected chi connectivity index (χ3v) is 5.76. The molecule has 2 fully saturated rings. The van der Waals surface area contributed by atoms with Crippen molar-refractivity contribution in [3.63, 3.8) is 0 Å². The number of ether oxygens (including phenoxy) is 1. The van der Waals surface area contributed by atoms with Gasteiger partial charge in [-0.2, -0.15) is 13.2 Å². The van der Waals surface area contributed by atoms with E-state index in [1.807, 2.05) is 12.1 Å². The number of alkyl halides is 3. The minimum Gasteiger partial charge on any atom is -0.366 e. The molecule has 3 N–H and O–H groups in total. The van der Waals surface area contributed by atoms with Crippen LogP contribution in [-0.2, 0) is 27.4 Å². The Morgan fingerprint density at radius 3 is 2.71 bits per heavy atom. The number of carbonyl (C=O) groups is 3. The Kier molecular flexibility index (Phi) is 6.00. The number of benzene rings is 1. The summed E-state index contributed by atoms with van der Waals surface area (Å²) in [6.07, 6.45) is -5.63. The van der Waals surface area contributed by atoms with Gasteiger partial charge in [-0.3, -0.25) is 19.7 Å². The van der Waals surface area contributed by atoms with Gasteiger partial charge in [0.05, 0.1) is 6.61 Å². The van der Waals surface area contributed by atoms with Crippen LogP contribution in [0.3, 0.4) is 0 Å². The lowest BCUT2D eigenvalue weighted by Crippen LogP contribution is -2.54. The molecule has 4 rings (SSSR count). The van der Waals surface area contributed by atoms with Gasteiger partial charge in [0.2, 0.25) is 11.8 Å². The fraction of sp³-hybridized carbons (Fsp3) is 0.550. The molecule has 0 radical (unpaired) electrons.